The molecule has 0 spiro atoms. The molecule has 2 rings (SSSR count). The molecule has 0 fully saturated rings. The number of esters is 1. The van der Waals surface area contributed by atoms with Crippen LogP contribution in [0.4, 0.5) is 5.69 Å². The molecule has 0 saturated heterocycles. The minimum atomic E-state index is -0.346. The summed E-state index contributed by atoms with van der Waals surface area (Å²) in [6.45, 7) is 5.56. The largest absolute Gasteiger partial charge is 0.462 e. The highest BCUT2D eigenvalue weighted by atomic mass is 16.5. The monoisotopic (exact) mass is 327 g/mol. The number of ketones is 1. The maximum atomic E-state index is 12.1. The zero-order chi connectivity index (χ0) is 17.4. The minimum absolute atomic E-state index is 0.243. The number of aliphatic imine (C=N–C) groups is 1. The van der Waals surface area contributed by atoms with Gasteiger partial charge in [0.25, 0.3) is 0 Å². The van der Waals surface area contributed by atoms with Gasteiger partial charge in [0.1, 0.15) is 5.78 Å². The lowest BCUT2D eigenvalue weighted by atomic mass is 9.97. The van der Waals surface area contributed by atoms with Crippen molar-refractivity contribution in [2.75, 3.05) is 6.61 Å². The van der Waals surface area contributed by atoms with Crippen molar-refractivity contribution in [1.29, 1.82) is 0 Å². The second-order valence-electron chi connectivity index (χ2n) is 6.25. The fourth-order valence-electron chi connectivity index (χ4n) is 2.67. The van der Waals surface area contributed by atoms with E-state index < -0.39 is 0 Å². The summed E-state index contributed by atoms with van der Waals surface area (Å²) in [6, 6.07) is 8.11. The third-order valence-electron chi connectivity index (χ3n) is 4.04. The lowest BCUT2D eigenvalue weighted by molar-refractivity contribution is -0.139. The number of unbranched alkanes of at least 4 members (excludes halogenated alkanes) is 2. The van der Waals surface area contributed by atoms with Crippen LogP contribution in [0.2, 0.25) is 0 Å². The average molecular weight is 327 g/mol. The molecule has 1 aliphatic rings. The molecule has 1 aliphatic heterocycles. The molecule has 0 aliphatic carbocycles. The average Bonchev–Trinajstić information content (AvgIpc) is 2.57. The standard InChI is InChI=1S/C20H25NO3/c1-15(2)20(23)24-13-7-3-4-9-18(22)14-17-12-11-16-8-5-6-10-19(16)21-17/h5-6,8,10H,1,3-4,7,9,11-14H2,2H3. The summed E-state index contributed by atoms with van der Waals surface area (Å²) >= 11 is 0. The van der Waals surface area contributed by atoms with Crippen molar-refractivity contribution in [3.63, 3.8) is 0 Å². The number of para-hydroxylation sites is 1. The van der Waals surface area contributed by atoms with Crippen LogP contribution in [-0.4, -0.2) is 24.1 Å². The van der Waals surface area contributed by atoms with E-state index in [1.807, 2.05) is 18.2 Å². The Morgan fingerprint density at radius 2 is 1.96 bits per heavy atom. The van der Waals surface area contributed by atoms with Gasteiger partial charge in [-0.05, 0) is 50.7 Å². The molecule has 0 aromatic heterocycles. The first-order valence-corrected chi connectivity index (χ1v) is 8.55. The number of benzene rings is 1. The first-order chi connectivity index (χ1) is 11.6. The maximum absolute atomic E-state index is 12.1. The van der Waals surface area contributed by atoms with Crippen molar-refractivity contribution >= 4 is 23.2 Å². The summed E-state index contributed by atoms with van der Waals surface area (Å²) in [4.78, 5) is 27.9. The van der Waals surface area contributed by atoms with E-state index in [4.69, 9.17) is 4.74 Å². The second kappa shape index (κ2) is 9.16. The zero-order valence-corrected chi connectivity index (χ0v) is 14.3. The van der Waals surface area contributed by atoms with Gasteiger partial charge in [-0.3, -0.25) is 9.79 Å². The highest BCUT2D eigenvalue weighted by Crippen LogP contribution is 2.26. The van der Waals surface area contributed by atoms with Crippen molar-refractivity contribution in [3.8, 4) is 0 Å². The van der Waals surface area contributed by atoms with Crippen LogP contribution in [0.25, 0.3) is 0 Å². The van der Waals surface area contributed by atoms with Gasteiger partial charge in [-0.15, -0.1) is 0 Å². The van der Waals surface area contributed by atoms with E-state index in [1.165, 1.54) is 5.56 Å². The topological polar surface area (TPSA) is 55.7 Å². The van der Waals surface area contributed by atoms with Gasteiger partial charge >= 0.3 is 5.97 Å². The number of aryl methyl sites for hydroxylation is 1. The van der Waals surface area contributed by atoms with Crippen molar-refractivity contribution in [3.05, 3.63) is 42.0 Å². The Kier molecular flexibility index (Phi) is 6.91. The van der Waals surface area contributed by atoms with E-state index in [0.717, 1.165) is 43.5 Å². The Morgan fingerprint density at radius 3 is 2.75 bits per heavy atom. The van der Waals surface area contributed by atoms with Gasteiger partial charge in [0.2, 0.25) is 0 Å². The third-order valence-corrected chi connectivity index (χ3v) is 4.04. The molecule has 1 aromatic carbocycles. The lowest BCUT2D eigenvalue weighted by Crippen LogP contribution is -2.12. The Labute approximate surface area is 143 Å². The van der Waals surface area contributed by atoms with Crippen molar-refractivity contribution in [2.45, 2.75) is 51.9 Å². The first kappa shape index (κ1) is 18.1. The van der Waals surface area contributed by atoms with E-state index in [-0.39, 0.29) is 11.8 Å². The molecule has 4 heteroatoms. The van der Waals surface area contributed by atoms with Gasteiger partial charge in [0.15, 0.2) is 0 Å². The Bertz CT molecular complexity index is 646. The van der Waals surface area contributed by atoms with Gasteiger partial charge in [0.05, 0.1) is 12.3 Å². The normalized spacial score (nSPS) is 13.0. The number of Topliss-reactive ketones (excluding diaryl/α,β-unsaturated/α-hetero) is 1. The summed E-state index contributed by atoms with van der Waals surface area (Å²) in [7, 11) is 0. The molecule has 1 aromatic rings. The highest BCUT2D eigenvalue weighted by molar-refractivity contribution is 6.03. The number of fused-ring (bicyclic) bond motifs is 1. The number of hydrogen-bond donors (Lipinski definition) is 0. The Morgan fingerprint density at radius 1 is 1.17 bits per heavy atom. The van der Waals surface area contributed by atoms with Crippen LogP contribution in [-0.2, 0) is 20.7 Å². The summed E-state index contributed by atoms with van der Waals surface area (Å²) < 4.78 is 5.02. The summed E-state index contributed by atoms with van der Waals surface area (Å²) in [5, 5.41) is 0. The smallest absolute Gasteiger partial charge is 0.333 e. The fourth-order valence-corrected chi connectivity index (χ4v) is 2.67. The zero-order valence-electron chi connectivity index (χ0n) is 14.3. The molecular weight excluding hydrogens is 302 g/mol. The molecule has 1 heterocycles. The van der Waals surface area contributed by atoms with Crippen LogP contribution >= 0.6 is 0 Å². The third kappa shape index (κ3) is 5.76. The molecule has 0 unspecified atom stereocenters. The van der Waals surface area contributed by atoms with Crippen LogP contribution in [0.3, 0.4) is 0 Å². The summed E-state index contributed by atoms with van der Waals surface area (Å²) in [5.74, 6) is -0.103. The quantitative estimate of drug-likeness (QED) is 0.385. The molecule has 0 N–H and O–H groups in total. The van der Waals surface area contributed by atoms with E-state index in [9.17, 15) is 9.59 Å². The van der Waals surface area contributed by atoms with Gasteiger partial charge in [-0.2, -0.15) is 0 Å². The van der Waals surface area contributed by atoms with Crippen LogP contribution < -0.4 is 0 Å². The maximum Gasteiger partial charge on any atom is 0.333 e. The first-order valence-electron chi connectivity index (χ1n) is 8.55. The van der Waals surface area contributed by atoms with E-state index in [2.05, 4.69) is 17.6 Å². The number of hydrogen-bond acceptors (Lipinski definition) is 4. The molecule has 0 atom stereocenters. The molecule has 0 radical (unpaired) electrons. The SMILES string of the molecule is C=C(C)C(=O)OCCCCCC(=O)CC1=Nc2ccccc2CC1. The molecule has 128 valence electrons. The van der Waals surface area contributed by atoms with E-state index in [1.54, 1.807) is 6.92 Å². The van der Waals surface area contributed by atoms with Gasteiger partial charge in [-0.1, -0.05) is 24.8 Å². The molecule has 0 amide bonds. The Hall–Kier alpha value is -2.23. The van der Waals surface area contributed by atoms with Crippen LogP contribution in [0.1, 0.15) is 51.0 Å². The van der Waals surface area contributed by atoms with Crippen LogP contribution in [0.15, 0.2) is 41.4 Å². The van der Waals surface area contributed by atoms with Crippen molar-refractivity contribution < 1.29 is 14.3 Å². The summed E-state index contributed by atoms with van der Waals surface area (Å²) in [5.41, 5.74) is 3.68. The lowest BCUT2D eigenvalue weighted by Gasteiger charge is -2.14. The predicted molar refractivity (Wildman–Crippen MR) is 95.7 cm³/mol. The van der Waals surface area contributed by atoms with Gasteiger partial charge in [0, 0.05) is 24.1 Å². The van der Waals surface area contributed by atoms with E-state index >= 15 is 0 Å². The fraction of sp³-hybridized carbons (Fsp3) is 0.450. The summed E-state index contributed by atoms with van der Waals surface area (Å²) in [6.07, 6.45) is 5.35. The van der Waals surface area contributed by atoms with Crippen LogP contribution in [0.5, 0.6) is 0 Å². The predicted octanol–water partition coefficient (Wildman–Crippen LogP) is 4.34. The number of rotatable bonds is 9. The minimum Gasteiger partial charge on any atom is -0.462 e. The number of carbonyl (C=O) groups excluding carboxylic acids is 2. The van der Waals surface area contributed by atoms with E-state index in [0.29, 0.717) is 25.0 Å². The van der Waals surface area contributed by atoms with Gasteiger partial charge < -0.3 is 4.74 Å². The Balaban J connectivity index is 1.63. The number of carbonyl (C=O) groups is 2. The second-order valence-corrected chi connectivity index (χ2v) is 6.25. The molecule has 24 heavy (non-hydrogen) atoms. The van der Waals surface area contributed by atoms with Crippen molar-refractivity contribution in [1.82, 2.24) is 0 Å². The highest BCUT2D eigenvalue weighted by Gasteiger charge is 2.14. The molecule has 0 saturated carbocycles. The molecular formula is C20H25NO3. The van der Waals surface area contributed by atoms with Crippen LogP contribution in [0, 0.1) is 0 Å². The van der Waals surface area contributed by atoms with Gasteiger partial charge in [-0.25, -0.2) is 4.79 Å². The molecule has 4 nitrogen and oxygen atoms in total. The number of ether oxygens (including phenoxy) is 1. The molecule has 0 bridgehead atoms. The van der Waals surface area contributed by atoms with Crippen molar-refractivity contribution in [2.24, 2.45) is 4.99 Å². The number of nitrogens with zero attached hydrogens (tertiary/aromatic N) is 1.